The minimum Gasteiger partial charge on any atom is -0.444 e. The molecule has 0 unspecified atom stereocenters. The molecule has 1 aliphatic heterocycles. The van der Waals surface area contributed by atoms with E-state index in [2.05, 4.69) is 33.9 Å². The topological polar surface area (TPSA) is 77.4 Å². The van der Waals surface area contributed by atoms with Crippen molar-refractivity contribution in [2.75, 3.05) is 19.8 Å². The zero-order valence-electron chi connectivity index (χ0n) is 13.5. The average molecular weight is 306 g/mol. The van der Waals surface area contributed by atoms with Crippen molar-refractivity contribution in [1.82, 2.24) is 20.1 Å². The Kier molecular flexibility index (Phi) is 4.26. The highest BCUT2D eigenvalue weighted by molar-refractivity contribution is 5.10. The molecule has 2 aromatic heterocycles. The molecule has 3 rings (SSSR count). The van der Waals surface area contributed by atoms with Gasteiger partial charge in [-0.15, -0.1) is 10.2 Å². The zero-order valence-corrected chi connectivity index (χ0v) is 13.5. The summed E-state index contributed by atoms with van der Waals surface area (Å²) in [4.78, 5) is 6.75. The molecule has 0 aliphatic carbocycles. The normalized spacial score (nSPS) is 20.0. The summed E-state index contributed by atoms with van der Waals surface area (Å²) in [5.74, 6) is 3.13. The summed E-state index contributed by atoms with van der Waals surface area (Å²) in [5, 5.41) is 8.05. The van der Waals surface area contributed by atoms with E-state index in [9.17, 15) is 0 Å². The fourth-order valence-corrected chi connectivity index (χ4v) is 2.53. The highest BCUT2D eigenvalue weighted by Crippen LogP contribution is 2.27. The number of ether oxygens (including phenoxy) is 1. The molecule has 0 bridgehead atoms. The number of rotatable bonds is 4. The van der Waals surface area contributed by atoms with E-state index in [-0.39, 0.29) is 12.0 Å². The van der Waals surface area contributed by atoms with Gasteiger partial charge in [0, 0.05) is 19.4 Å². The Balaban J connectivity index is 1.79. The summed E-state index contributed by atoms with van der Waals surface area (Å²) in [6.07, 6.45) is 0. The number of aromatic nitrogens is 3. The summed E-state index contributed by atoms with van der Waals surface area (Å²) >= 11 is 0. The Morgan fingerprint density at radius 1 is 1.23 bits per heavy atom. The van der Waals surface area contributed by atoms with Crippen LogP contribution in [0.5, 0.6) is 0 Å². The van der Waals surface area contributed by atoms with E-state index in [0.29, 0.717) is 31.5 Å². The first-order valence-electron chi connectivity index (χ1n) is 7.62. The van der Waals surface area contributed by atoms with Crippen LogP contribution in [0.15, 0.2) is 8.83 Å². The van der Waals surface area contributed by atoms with Crippen molar-refractivity contribution in [3.05, 3.63) is 29.1 Å². The van der Waals surface area contributed by atoms with Gasteiger partial charge in [0.15, 0.2) is 5.89 Å². The van der Waals surface area contributed by atoms with Gasteiger partial charge in [0.05, 0.1) is 25.5 Å². The van der Waals surface area contributed by atoms with Crippen LogP contribution < -0.4 is 0 Å². The van der Waals surface area contributed by atoms with E-state index in [1.807, 2.05) is 6.92 Å². The van der Waals surface area contributed by atoms with Gasteiger partial charge in [0.2, 0.25) is 11.8 Å². The van der Waals surface area contributed by atoms with Crippen LogP contribution in [0, 0.1) is 13.8 Å². The zero-order chi connectivity index (χ0) is 15.7. The van der Waals surface area contributed by atoms with Crippen LogP contribution in [0.4, 0.5) is 0 Å². The van der Waals surface area contributed by atoms with Gasteiger partial charge in [-0.2, -0.15) is 0 Å². The summed E-state index contributed by atoms with van der Waals surface area (Å²) in [5.41, 5.74) is 0.940. The molecule has 1 atom stereocenters. The van der Waals surface area contributed by atoms with Gasteiger partial charge in [0.25, 0.3) is 0 Å². The fourth-order valence-electron chi connectivity index (χ4n) is 2.53. The van der Waals surface area contributed by atoms with Crippen LogP contribution in [0.2, 0.25) is 0 Å². The van der Waals surface area contributed by atoms with Crippen molar-refractivity contribution in [3.8, 4) is 0 Å². The Labute approximate surface area is 129 Å². The van der Waals surface area contributed by atoms with E-state index >= 15 is 0 Å². The lowest BCUT2D eigenvalue weighted by Crippen LogP contribution is -2.39. The molecule has 0 amide bonds. The van der Waals surface area contributed by atoms with Gasteiger partial charge in [-0.25, -0.2) is 4.98 Å². The standard InChI is InChI=1S/C15H22N4O3/c1-9(2)14-16-10(3)13(22-14)7-19-5-6-20-8-12(19)15-18-17-11(4)21-15/h9,12H,5-8H2,1-4H3/t12-/m0/s1. The van der Waals surface area contributed by atoms with Crippen molar-refractivity contribution in [3.63, 3.8) is 0 Å². The number of oxazole rings is 1. The van der Waals surface area contributed by atoms with Gasteiger partial charge in [-0.05, 0) is 6.92 Å². The van der Waals surface area contributed by atoms with Gasteiger partial charge in [-0.3, -0.25) is 4.90 Å². The molecule has 3 heterocycles. The predicted octanol–water partition coefficient (Wildman–Crippen LogP) is 2.37. The second kappa shape index (κ2) is 6.18. The first-order valence-corrected chi connectivity index (χ1v) is 7.62. The summed E-state index contributed by atoms with van der Waals surface area (Å²) < 4.78 is 17.1. The quantitative estimate of drug-likeness (QED) is 0.858. The third-order valence-corrected chi connectivity index (χ3v) is 3.82. The maximum atomic E-state index is 5.91. The number of nitrogens with zero attached hydrogens (tertiary/aromatic N) is 4. The maximum Gasteiger partial charge on any atom is 0.235 e. The van der Waals surface area contributed by atoms with Crippen LogP contribution in [-0.2, 0) is 11.3 Å². The second-order valence-corrected chi connectivity index (χ2v) is 5.94. The summed E-state index contributed by atoms with van der Waals surface area (Å²) in [6.45, 7) is 10.6. The molecule has 120 valence electrons. The second-order valence-electron chi connectivity index (χ2n) is 5.94. The van der Waals surface area contributed by atoms with E-state index in [0.717, 1.165) is 23.9 Å². The molecule has 0 spiro atoms. The van der Waals surface area contributed by atoms with Crippen molar-refractivity contribution in [1.29, 1.82) is 0 Å². The van der Waals surface area contributed by atoms with E-state index in [4.69, 9.17) is 13.6 Å². The smallest absolute Gasteiger partial charge is 0.235 e. The van der Waals surface area contributed by atoms with Crippen molar-refractivity contribution < 1.29 is 13.6 Å². The molecule has 0 saturated carbocycles. The van der Waals surface area contributed by atoms with Gasteiger partial charge >= 0.3 is 0 Å². The van der Waals surface area contributed by atoms with Crippen molar-refractivity contribution >= 4 is 0 Å². The SMILES string of the molecule is Cc1nnc([C@@H]2COCCN2Cc2oc(C(C)C)nc2C)o1. The molecular formula is C15H22N4O3. The molecule has 1 aliphatic rings. The van der Waals surface area contributed by atoms with Gasteiger partial charge < -0.3 is 13.6 Å². The molecule has 0 aromatic carbocycles. The molecule has 1 fully saturated rings. The van der Waals surface area contributed by atoms with Crippen LogP contribution in [0.25, 0.3) is 0 Å². The summed E-state index contributed by atoms with van der Waals surface area (Å²) in [7, 11) is 0. The van der Waals surface area contributed by atoms with Gasteiger partial charge in [-0.1, -0.05) is 13.8 Å². The number of morpholine rings is 1. The molecular weight excluding hydrogens is 284 g/mol. The van der Waals surface area contributed by atoms with E-state index in [1.165, 1.54) is 0 Å². The predicted molar refractivity (Wildman–Crippen MR) is 78.3 cm³/mol. The highest BCUT2D eigenvalue weighted by Gasteiger charge is 2.30. The molecule has 1 saturated heterocycles. The van der Waals surface area contributed by atoms with Crippen LogP contribution in [-0.4, -0.2) is 39.8 Å². The lowest BCUT2D eigenvalue weighted by Gasteiger charge is -2.32. The molecule has 7 heteroatoms. The monoisotopic (exact) mass is 306 g/mol. The Bertz CT molecular complexity index is 635. The lowest BCUT2D eigenvalue weighted by molar-refractivity contribution is -0.0253. The third-order valence-electron chi connectivity index (χ3n) is 3.82. The molecule has 0 N–H and O–H groups in total. The first kappa shape index (κ1) is 15.2. The Morgan fingerprint density at radius 3 is 2.68 bits per heavy atom. The van der Waals surface area contributed by atoms with Crippen molar-refractivity contribution in [2.24, 2.45) is 0 Å². The van der Waals surface area contributed by atoms with Crippen LogP contribution in [0.1, 0.15) is 54.9 Å². The third kappa shape index (κ3) is 3.05. The highest BCUT2D eigenvalue weighted by atomic mass is 16.5. The van der Waals surface area contributed by atoms with Crippen LogP contribution in [0.3, 0.4) is 0 Å². The Morgan fingerprint density at radius 2 is 2.05 bits per heavy atom. The minimum absolute atomic E-state index is 0.0399. The molecule has 2 aromatic rings. The Hall–Kier alpha value is -1.73. The lowest BCUT2D eigenvalue weighted by atomic mass is 10.2. The largest absolute Gasteiger partial charge is 0.444 e. The van der Waals surface area contributed by atoms with Crippen LogP contribution >= 0.6 is 0 Å². The molecule has 0 radical (unpaired) electrons. The first-order chi connectivity index (χ1) is 10.5. The average Bonchev–Trinajstić information content (AvgIpc) is 3.07. The number of hydrogen-bond donors (Lipinski definition) is 0. The number of aryl methyl sites for hydroxylation is 2. The van der Waals surface area contributed by atoms with E-state index in [1.54, 1.807) is 6.92 Å². The molecule has 7 nitrogen and oxygen atoms in total. The van der Waals surface area contributed by atoms with Crippen molar-refractivity contribution in [2.45, 2.75) is 46.2 Å². The minimum atomic E-state index is -0.0399. The van der Waals surface area contributed by atoms with Gasteiger partial charge in [0.1, 0.15) is 11.8 Å². The maximum absolute atomic E-state index is 5.91. The van der Waals surface area contributed by atoms with E-state index < -0.39 is 0 Å². The summed E-state index contributed by atoms with van der Waals surface area (Å²) in [6, 6.07) is -0.0399. The fraction of sp³-hybridized carbons (Fsp3) is 0.667. The molecule has 22 heavy (non-hydrogen) atoms. The number of hydrogen-bond acceptors (Lipinski definition) is 7.